The Kier molecular flexibility index (Phi) is 8.70. The van der Waals surface area contributed by atoms with Crippen molar-refractivity contribution in [3.05, 3.63) is 23.8 Å². The van der Waals surface area contributed by atoms with E-state index in [0.717, 1.165) is 0 Å². The van der Waals surface area contributed by atoms with Gasteiger partial charge in [-0.25, -0.2) is 0 Å². The molecule has 1 aromatic rings. The number of alkyl halides is 3. The number of rotatable bonds is 3. The number of amides is 3. The molecule has 2 rings (SSSR count). The van der Waals surface area contributed by atoms with Gasteiger partial charge in [0.15, 0.2) is 0 Å². The summed E-state index contributed by atoms with van der Waals surface area (Å²) in [6.07, 6.45) is -6.66. The van der Waals surface area contributed by atoms with Crippen LogP contribution in [0.15, 0.2) is 18.2 Å². The topological polar surface area (TPSA) is 88.2 Å². The smallest absolute Gasteiger partial charge is 0.397 e. The highest BCUT2D eigenvalue weighted by molar-refractivity contribution is 5.99. The molecule has 8 nitrogen and oxygen atoms in total. The number of carbonyl (C=O) groups excluding carboxylic acids is 3. The average molecular weight is 473 g/mol. The molecule has 184 valence electrons. The zero-order valence-corrected chi connectivity index (χ0v) is 19.4. The molecular weight excluding hydrogens is 443 g/mol. The fourth-order valence-electron chi connectivity index (χ4n) is 3.68. The number of fused-ring (bicyclic) bond motifs is 1. The van der Waals surface area contributed by atoms with Gasteiger partial charge in [-0.2, -0.15) is 13.2 Å². The summed E-state index contributed by atoms with van der Waals surface area (Å²) >= 11 is 0. The maximum Gasteiger partial charge on any atom is 0.397 e. The summed E-state index contributed by atoms with van der Waals surface area (Å²) in [5.41, 5.74) is 0.113. The average Bonchev–Trinajstić information content (AvgIpc) is 2.71. The lowest BCUT2D eigenvalue weighted by Gasteiger charge is -2.35. The molecule has 0 aliphatic carbocycles. The lowest BCUT2D eigenvalue weighted by Crippen LogP contribution is -2.48. The predicted octanol–water partition coefficient (Wildman–Crippen LogP) is 2.93. The number of hydrogen-bond donors (Lipinski definition) is 1. The first-order valence-electron chi connectivity index (χ1n) is 10.5. The van der Waals surface area contributed by atoms with Crippen molar-refractivity contribution < 1.29 is 37.0 Å². The molecule has 3 amide bonds. The second kappa shape index (κ2) is 10.9. The van der Waals surface area contributed by atoms with Crippen LogP contribution in [0.4, 0.5) is 18.9 Å². The SMILES string of the molecule is CO[C@H]1CN(C)C(=O)c2cc(NC(=O)CC(F)(F)F)ccc2OC[C@@H](C)N(C(C)=O)C[C@H]1C. The van der Waals surface area contributed by atoms with Crippen LogP contribution in [-0.4, -0.2) is 79.7 Å². The van der Waals surface area contributed by atoms with E-state index in [1.54, 1.807) is 11.9 Å². The molecule has 0 saturated heterocycles. The second-order valence-electron chi connectivity index (χ2n) is 8.32. The van der Waals surface area contributed by atoms with E-state index in [4.69, 9.17) is 9.47 Å². The number of hydrogen-bond acceptors (Lipinski definition) is 5. The highest BCUT2D eigenvalue weighted by Crippen LogP contribution is 2.27. The maximum absolute atomic E-state index is 13.2. The molecule has 0 bridgehead atoms. The molecule has 0 saturated carbocycles. The summed E-state index contributed by atoms with van der Waals surface area (Å²) in [7, 11) is 3.09. The first-order chi connectivity index (χ1) is 15.3. The van der Waals surface area contributed by atoms with E-state index in [9.17, 15) is 27.6 Å². The van der Waals surface area contributed by atoms with Crippen molar-refractivity contribution >= 4 is 23.4 Å². The minimum Gasteiger partial charge on any atom is -0.491 e. The van der Waals surface area contributed by atoms with Crippen LogP contribution in [0, 0.1) is 5.92 Å². The van der Waals surface area contributed by atoms with E-state index in [-0.39, 0.29) is 54.1 Å². The summed E-state index contributed by atoms with van der Waals surface area (Å²) in [5, 5.41) is 2.17. The first-order valence-corrected chi connectivity index (χ1v) is 10.5. The minimum atomic E-state index is -4.65. The fourth-order valence-corrected chi connectivity index (χ4v) is 3.68. The van der Waals surface area contributed by atoms with E-state index >= 15 is 0 Å². The summed E-state index contributed by atoms with van der Waals surface area (Å²) in [6, 6.07) is 3.75. The Morgan fingerprint density at radius 1 is 1.24 bits per heavy atom. The Balaban J connectivity index is 2.40. The van der Waals surface area contributed by atoms with Gasteiger partial charge in [0.2, 0.25) is 11.8 Å². The van der Waals surface area contributed by atoms with Crippen molar-refractivity contribution in [2.24, 2.45) is 5.92 Å². The van der Waals surface area contributed by atoms with Gasteiger partial charge in [-0.15, -0.1) is 0 Å². The molecular formula is C22H30F3N3O5. The number of likely N-dealkylation sites (N-methyl/N-ethyl adjacent to an activating group) is 1. The zero-order valence-electron chi connectivity index (χ0n) is 19.4. The van der Waals surface area contributed by atoms with Crippen molar-refractivity contribution in [2.45, 2.75) is 45.5 Å². The maximum atomic E-state index is 13.2. The van der Waals surface area contributed by atoms with E-state index in [1.807, 2.05) is 13.8 Å². The third kappa shape index (κ3) is 7.34. The van der Waals surface area contributed by atoms with Crippen LogP contribution < -0.4 is 10.1 Å². The number of methoxy groups -OCH3 is 1. The molecule has 0 aromatic heterocycles. The Morgan fingerprint density at radius 2 is 1.91 bits per heavy atom. The molecule has 1 heterocycles. The van der Waals surface area contributed by atoms with Gasteiger partial charge in [-0.3, -0.25) is 14.4 Å². The fraction of sp³-hybridized carbons (Fsp3) is 0.591. The molecule has 0 unspecified atom stereocenters. The lowest BCUT2D eigenvalue weighted by molar-refractivity contribution is -0.150. The Labute approximate surface area is 191 Å². The van der Waals surface area contributed by atoms with Gasteiger partial charge in [0.25, 0.3) is 5.91 Å². The number of ether oxygens (including phenoxy) is 2. The molecule has 1 aliphatic heterocycles. The molecule has 0 radical (unpaired) electrons. The lowest BCUT2D eigenvalue weighted by atomic mass is 10.0. The van der Waals surface area contributed by atoms with Gasteiger partial charge in [-0.05, 0) is 25.1 Å². The largest absolute Gasteiger partial charge is 0.491 e. The molecule has 3 atom stereocenters. The van der Waals surface area contributed by atoms with Crippen LogP contribution in [0.2, 0.25) is 0 Å². The summed E-state index contributed by atoms with van der Waals surface area (Å²) in [4.78, 5) is 40.2. The van der Waals surface area contributed by atoms with Crippen LogP contribution >= 0.6 is 0 Å². The molecule has 0 fully saturated rings. The van der Waals surface area contributed by atoms with Gasteiger partial charge in [0, 0.05) is 45.8 Å². The van der Waals surface area contributed by atoms with E-state index in [0.29, 0.717) is 6.54 Å². The number of benzene rings is 1. The normalized spacial score (nSPS) is 22.5. The van der Waals surface area contributed by atoms with Crippen molar-refractivity contribution in [2.75, 3.05) is 39.2 Å². The van der Waals surface area contributed by atoms with E-state index < -0.39 is 24.4 Å². The van der Waals surface area contributed by atoms with Crippen LogP contribution in [0.1, 0.15) is 37.6 Å². The standard InChI is InChI=1S/C22H30F3N3O5/c1-13-10-28(15(3)29)14(2)12-33-18-7-6-16(26-20(30)9-22(23,24)25)8-17(18)21(31)27(4)11-19(13)32-5/h6-8,13-14,19H,9-12H2,1-5H3,(H,26,30)/t13-,14-,19+/m1/s1. The highest BCUT2D eigenvalue weighted by atomic mass is 19.4. The molecule has 1 aliphatic rings. The van der Waals surface area contributed by atoms with Gasteiger partial charge >= 0.3 is 6.18 Å². The Morgan fingerprint density at radius 3 is 2.48 bits per heavy atom. The van der Waals surface area contributed by atoms with Crippen LogP contribution in [-0.2, 0) is 14.3 Å². The third-order valence-electron chi connectivity index (χ3n) is 5.49. The van der Waals surface area contributed by atoms with Crippen molar-refractivity contribution in [3.63, 3.8) is 0 Å². The summed E-state index contributed by atoms with van der Waals surface area (Å²) < 4.78 is 48.9. The monoisotopic (exact) mass is 473 g/mol. The van der Waals surface area contributed by atoms with Crippen molar-refractivity contribution in [3.8, 4) is 5.75 Å². The highest BCUT2D eigenvalue weighted by Gasteiger charge is 2.32. The number of nitrogens with zero attached hydrogens (tertiary/aromatic N) is 2. The van der Waals surface area contributed by atoms with E-state index in [1.165, 1.54) is 37.1 Å². The zero-order chi connectivity index (χ0) is 24.9. The summed E-state index contributed by atoms with van der Waals surface area (Å²) in [6.45, 7) is 5.92. The predicted molar refractivity (Wildman–Crippen MR) is 115 cm³/mol. The Hall–Kier alpha value is -2.82. The first kappa shape index (κ1) is 26.4. The van der Waals surface area contributed by atoms with Crippen LogP contribution in [0.25, 0.3) is 0 Å². The van der Waals surface area contributed by atoms with E-state index in [2.05, 4.69) is 5.32 Å². The van der Waals surface area contributed by atoms with Gasteiger partial charge < -0.3 is 24.6 Å². The number of halogens is 3. The second-order valence-corrected chi connectivity index (χ2v) is 8.32. The third-order valence-corrected chi connectivity index (χ3v) is 5.49. The van der Waals surface area contributed by atoms with Crippen molar-refractivity contribution in [1.82, 2.24) is 9.80 Å². The summed E-state index contributed by atoms with van der Waals surface area (Å²) in [5.74, 6) is -1.71. The molecule has 1 aromatic carbocycles. The molecule has 11 heteroatoms. The van der Waals surface area contributed by atoms with Crippen molar-refractivity contribution in [1.29, 1.82) is 0 Å². The quantitative estimate of drug-likeness (QED) is 0.730. The van der Waals surface area contributed by atoms with Crippen LogP contribution in [0.5, 0.6) is 5.75 Å². The number of carbonyl (C=O) groups is 3. The minimum absolute atomic E-state index is 0.0375. The Bertz CT molecular complexity index is 877. The number of nitrogens with one attached hydrogen (secondary N) is 1. The molecule has 33 heavy (non-hydrogen) atoms. The molecule has 1 N–H and O–H groups in total. The molecule has 0 spiro atoms. The number of anilines is 1. The van der Waals surface area contributed by atoms with Crippen LogP contribution in [0.3, 0.4) is 0 Å². The van der Waals surface area contributed by atoms with Gasteiger partial charge in [-0.1, -0.05) is 6.92 Å². The van der Waals surface area contributed by atoms with Gasteiger partial charge in [0.05, 0.1) is 17.7 Å². The van der Waals surface area contributed by atoms with Gasteiger partial charge in [0.1, 0.15) is 18.8 Å².